The zero-order valence-corrected chi connectivity index (χ0v) is 15.8. The lowest BCUT2D eigenvalue weighted by atomic mass is 9.90. The van der Waals surface area contributed by atoms with E-state index in [0.29, 0.717) is 6.42 Å². The van der Waals surface area contributed by atoms with Gasteiger partial charge in [0.25, 0.3) is 0 Å². The van der Waals surface area contributed by atoms with E-state index in [1.165, 1.54) is 12.1 Å². The Morgan fingerprint density at radius 3 is 2.30 bits per heavy atom. The lowest BCUT2D eigenvalue weighted by Gasteiger charge is -2.15. The lowest BCUT2D eigenvalue weighted by Crippen LogP contribution is -2.18. The van der Waals surface area contributed by atoms with Crippen LogP contribution in [0, 0.1) is 0 Å². The molecule has 148 valence electrons. The molecule has 27 heavy (non-hydrogen) atoms. The van der Waals surface area contributed by atoms with E-state index >= 15 is 0 Å². The van der Waals surface area contributed by atoms with Gasteiger partial charge in [0.05, 0.1) is 22.1 Å². The van der Waals surface area contributed by atoms with E-state index < -0.39 is 29.2 Å². The molecule has 0 saturated heterocycles. The van der Waals surface area contributed by atoms with Crippen molar-refractivity contribution in [1.29, 1.82) is 0 Å². The van der Waals surface area contributed by atoms with Crippen molar-refractivity contribution in [3.63, 3.8) is 0 Å². The van der Waals surface area contributed by atoms with Crippen molar-refractivity contribution >= 4 is 39.1 Å². The van der Waals surface area contributed by atoms with Gasteiger partial charge in [-0.1, -0.05) is 17.7 Å². The molecule has 0 aromatic heterocycles. The van der Waals surface area contributed by atoms with E-state index in [4.69, 9.17) is 11.6 Å². The first-order valence-electron chi connectivity index (χ1n) is 7.84. The van der Waals surface area contributed by atoms with Crippen LogP contribution in [-0.4, -0.2) is 39.0 Å². The van der Waals surface area contributed by atoms with Crippen LogP contribution in [0.1, 0.15) is 30.4 Å². The van der Waals surface area contributed by atoms with E-state index in [9.17, 15) is 31.2 Å². The Kier molecular flexibility index (Phi) is 6.49. The topological polar surface area (TPSA) is 77.5 Å². The Morgan fingerprint density at radius 2 is 1.78 bits per heavy atom. The van der Waals surface area contributed by atoms with Crippen molar-refractivity contribution in [2.45, 2.75) is 36.9 Å². The highest BCUT2D eigenvalue weighted by atomic mass is 35.5. The monoisotopic (exact) mass is 424 g/mol. The first-order chi connectivity index (χ1) is 12.4. The molecule has 1 aliphatic carbocycles. The maximum Gasteiger partial charge on any atom is 0.411 e. The quantitative estimate of drug-likeness (QED) is 0.534. The molecule has 2 rings (SSSR count). The second-order valence-electron chi connectivity index (χ2n) is 6.08. The van der Waals surface area contributed by atoms with Gasteiger partial charge in [0, 0.05) is 24.7 Å². The molecule has 1 aliphatic rings. The van der Waals surface area contributed by atoms with Crippen LogP contribution >= 0.6 is 11.6 Å². The molecular formula is C17H16ClF3O5S. The standard InChI is InChI=1S/C17H16ClF3O5S/c1-27(24,25)15-6-5-10(7-11-13(22)3-2-4-14(11)23)16(18)12(15)8-26-9-17(19,20)21/h5-7H,2-4,8-9H2,1H3. The molecule has 0 spiro atoms. The van der Waals surface area contributed by atoms with Gasteiger partial charge in [-0.25, -0.2) is 8.42 Å². The molecule has 0 atom stereocenters. The summed E-state index contributed by atoms with van der Waals surface area (Å²) < 4.78 is 65.3. The maximum atomic E-state index is 12.3. The van der Waals surface area contributed by atoms with Crippen molar-refractivity contribution in [2.75, 3.05) is 12.9 Å². The summed E-state index contributed by atoms with van der Waals surface area (Å²) in [5.41, 5.74) is -0.0563. The molecule has 0 radical (unpaired) electrons. The second kappa shape index (κ2) is 8.12. The zero-order chi connectivity index (χ0) is 20.4. The molecule has 10 heteroatoms. The minimum absolute atomic E-state index is 0.0579. The highest BCUT2D eigenvalue weighted by Crippen LogP contribution is 2.32. The average molecular weight is 425 g/mol. The molecule has 1 saturated carbocycles. The number of sulfone groups is 1. The third-order valence-corrected chi connectivity index (χ3v) is 5.48. The van der Waals surface area contributed by atoms with E-state index in [0.717, 1.165) is 12.3 Å². The van der Waals surface area contributed by atoms with Gasteiger partial charge in [0.1, 0.15) is 6.61 Å². The van der Waals surface area contributed by atoms with E-state index in [2.05, 4.69) is 4.74 Å². The minimum Gasteiger partial charge on any atom is -0.367 e. The summed E-state index contributed by atoms with van der Waals surface area (Å²) in [6.45, 7) is -2.27. The van der Waals surface area contributed by atoms with Gasteiger partial charge in [-0.3, -0.25) is 9.59 Å². The molecule has 1 fully saturated rings. The molecule has 0 unspecified atom stereocenters. The van der Waals surface area contributed by atoms with E-state index in [1.54, 1.807) is 0 Å². The Balaban J connectivity index is 2.47. The summed E-state index contributed by atoms with van der Waals surface area (Å²) in [7, 11) is -3.79. The fourth-order valence-corrected chi connectivity index (χ4v) is 3.89. The molecule has 0 aliphatic heterocycles. The number of benzene rings is 1. The van der Waals surface area contributed by atoms with E-state index in [1.807, 2.05) is 0 Å². The van der Waals surface area contributed by atoms with Crippen molar-refractivity contribution in [3.05, 3.63) is 33.9 Å². The summed E-state index contributed by atoms with van der Waals surface area (Å²) in [4.78, 5) is 23.6. The number of carbonyl (C=O) groups excluding carboxylic acids is 2. The van der Waals surface area contributed by atoms with Gasteiger partial charge in [0.2, 0.25) is 0 Å². The number of alkyl halides is 3. The van der Waals surface area contributed by atoms with Crippen LogP contribution in [0.25, 0.3) is 6.08 Å². The minimum atomic E-state index is -4.59. The van der Waals surface area contributed by atoms with Crippen LogP contribution in [0.5, 0.6) is 0 Å². The van der Waals surface area contributed by atoms with E-state index in [-0.39, 0.29) is 51.0 Å². The maximum absolute atomic E-state index is 12.3. The van der Waals surface area contributed by atoms with Gasteiger partial charge < -0.3 is 4.74 Å². The molecule has 0 N–H and O–H groups in total. The van der Waals surface area contributed by atoms with Gasteiger partial charge >= 0.3 is 6.18 Å². The fourth-order valence-electron chi connectivity index (χ4n) is 2.63. The predicted octanol–water partition coefficient (Wildman–Crippen LogP) is 3.53. The number of ether oxygens (including phenoxy) is 1. The van der Waals surface area contributed by atoms with Gasteiger partial charge in [0.15, 0.2) is 21.4 Å². The van der Waals surface area contributed by atoms with Crippen LogP contribution in [0.2, 0.25) is 5.02 Å². The van der Waals surface area contributed by atoms with Crippen molar-refractivity contribution in [1.82, 2.24) is 0 Å². The fraction of sp³-hybridized carbons (Fsp3) is 0.412. The number of rotatable bonds is 5. The number of hydrogen-bond donors (Lipinski definition) is 0. The van der Waals surface area contributed by atoms with Crippen LogP contribution in [-0.2, 0) is 30.8 Å². The summed E-state index contributed by atoms with van der Waals surface area (Å²) in [6, 6.07) is 2.46. The van der Waals surface area contributed by atoms with Crippen molar-refractivity contribution < 1.29 is 35.9 Å². The summed E-state index contributed by atoms with van der Waals surface area (Å²) in [6.07, 6.45) is -1.59. The Labute approximate surface area is 159 Å². The SMILES string of the molecule is CS(=O)(=O)c1ccc(C=C2C(=O)CCCC2=O)c(Cl)c1COCC(F)(F)F. The molecule has 1 aromatic rings. The highest BCUT2D eigenvalue weighted by Gasteiger charge is 2.29. The Hall–Kier alpha value is -1.71. The van der Waals surface area contributed by atoms with Crippen LogP contribution in [0.3, 0.4) is 0 Å². The van der Waals surface area contributed by atoms with Crippen LogP contribution in [0.4, 0.5) is 13.2 Å². The molecule has 0 amide bonds. The molecule has 5 nitrogen and oxygen atoms in total. The number of halogens is 4. The third kappa shape index (κ3) is 5.63. The third-order valence-electron chi connectivity index (χ3n) is 3.85. The number of ketones is 2. The largest absolute Gasteiger partial charge is 0.411 e. The smallest absolute Gasteiger partial charge is 0.367 e. The van der Waals surface area contributed by atoms with Crippen molar-refractivity contribution in [2.24, 2.45) is 0 Å². The van der Waals surface area contributed by atoms with Gasteiger partial charge in [-0.2, -0.15) is 13.2 Å². The predicted molar refractivity (Wildman–Crippen MR) is 92.1 cm³/mol. The van der Waals surface area contributed by atoms with Crippen LogP contribution in [0.15, 0.2) is 22.6 Å². The van der Waals surface area contributed by atoms with Crippen LogP contribution < -0.4 is 0 Å². The summed E-state index contributed by atoms with van der Waals surface area (Å²) in [5.74, 6) is -0.714. The number of allylic oxidation sites excluding steroid dienone is 1. The average Bonchev–Trinajstić information content (AvgIpc) is 2.51. The lowest BCUT2D eigenvalue weighted by molar-refractivity contribution is -0.176. The van der Waals surface area contributed by atoms with Gasteiger partial charge in [-0.15, -0.1) is 0 Å². The number of carbonyl (C=O) groups is 2. The number of hydrogen-bond acceptors (Lipinski definition) is 5. The highest BCUT2D eigenvalue weighted by molar-refractivity contribution is 7.90. The summed E-state index contributed by atoms with van der Waals surface area (Å²) in [5, 5.41) is -0.182. The molecule has 1 aromatic carbocycles. The second-order valence-corrected chi connectivity index (χ2v) is 8.45. The van der Waals surface area contributed by atoms with Gasteiger partial charge in [-0.05, 0) is 24.1 Å². The molecule has 0 heterocycles. The number of Topliss-reactive ketones (excluding diaryl/α,β-unsaturated/α-hetero) is 2. The van der Waals surface area contributed by atoms with Crippen molar-refractivity contribution in [3.8, 4) is 0 Å². The Morgan fingerprint density at radius 1 is 1.19 bits per heavy atom. The first-order valence-corrected chi connectivity index (χ1v) is 10.1. The molecule has 0 bridgehead atoms. The Bertz CT molecular complexity index is 886. The molecular weight excluding hydrogens is 409 g/mol. The normalized spacial score (nSPS) is 16.0. The summed E-state index contributed by atoms with van der Waals surface area (Å²) >= 11 is 6.19. The zero-order valence-electron chi connectivity index (χ0n) is 14.2. The first kappa shape index (κ1) is 21.6.